The highest BCUT2D eigenvalue weighted by atomic mass is 32.2. The van der Waals surface area contributed by atoms with E-state index < -0.39 is 45.8 Å². The number of amides is 1. The van der Waals surface area contributed by atoms with Gasteiger partial charge in [0, 0.05) is 48.3 Å². The molecule has 0 saturated carbocycles. The lowest BCUT2D eigenvalue weighted by Gasteiger charge is -2.40. The zero-order chi connectivity index (χ0) is 40.4. The number of halogens is 6. The van der Waals surface area contributed by atoms with Crippen molar-refractivity contribution in [2.24, 2.45) is 0 Å². The smallest absolute Gasteiger partial charge is 0.416 e. The van der Waals surface area contributed by atoms with E-state index in [-0.39, 0.29) is 67.8 Å². The van der Waals surface area contributed by atoms with E-state index in [9.17, 15) is 39.6 Å². The van der Waals surface area contributed by atoms with Crippen molar-refractivity contribution in [3.63, 3.8) is 0 Å². The number of morpholine rings is 1. The van der Waals surface area contributed by atoms with Crippen LogP contribution in [0.15, 0.2) is 71.6 Å². The lowest BCUT2D eigenvalue weighted by molar-refractivity contribution is -0.155. The third-order valence-corrected chi connectivity index (χ3v) is 11.9. The largest absolute Gasteiger partial charge is 0.490 e. The van der Waals surface area contributed by atoms with E-state index in [0.29, 0.717) is 26.3 Å². The molecule has 0 aliphatic carbocycles. The maximum atomic E-state index is 14.8. The minimum atomic E-state index is -4.96. The topological polar surface area (TPSA) is 101 Å². The first-order valence-electron chi connectivity index (χ1n) is 18.5. The first kappa shape index (κ1) is 41.4. The van der Waals surface area contributed by atoms with E-state index in [0.717, 1.165) is 38.1 Å². The van der Waals surface area contributed by atoms with Crippen molar-refractivity contribution in [1.29, 1.82) is 0 Å². The predicted octanol–water partition coefficient (Wildman–Crippen LogP) is 7.83. The standard InChI is InChI=1S/C40H44F6N4O5S/c1-4-56(52,53)34-22-30-32(23-33(34)55-25(2)3)47-36(27-11-8-12-28(21-27)39(41,42)43)31(24-49-15-13-29(14-16-49)50-17-19-54-20-18-50)35(30)38(51)48-37(40(44,45)46)26-9-6-5-7-10-26/h5-12,21-23,25,29,37H,4,13-20,24H2,1-3H3,(H,48,51)/t37-/m1/s1. The van der Waals surface area contributed by atoms with Crippen LogP contribution in [-0.4, -0.2) is 92.6 Å². The summed E-state index contributed by atoms with van der Waals surface area (Å²) in [5.74, 6) is -1.68. The van der Waals surface area contributed by atoms with Gasteiger partial charge in [0.2, 0.25) is 0 Å². The number of aromatic nitrogens is 1. The Morgan fingerprint density at radius 2 is 1.62 bits per heavy atom. The fraction of sp³-hybridized carbons (Fsp3) is 0.450. The number of sulfone groups is 1. The number of fused-ring (bicyclic) bond motifs is 1. The Labute approximate surface area is 321 Å². The van der Waals surface area contributed by atoms with Crippen LogP contribution in [0.4, 0.5) is 26.3 Å². The molecule has 3 aromatic carbocycles. The number of alkyl halides is 6. The van der Waals surface area contributed by atoms with Gasteiger partial charge in [0.25, 0.3) is 5.91 Å². The highest BCUT2D eigenvalue weighted by Crippen LogP contribution is 2.40. The van der Waals surface area contributed by atoms with Crippen LogP contribution in [0.2, 0.25) is 0 Å². The van der Waals surface area contributed by atoms with E-state index in [1.54, 1.807) is 13.8 Å². The van der Waals surface area contributed by atoms with Crippen LogP contribution in [0.5, 0.6) is 5.75 Å². The lowest BCUT2D eigenvalue weighted by Crippen LogP contribution is -2.48. The number of pyridine rings is 1. The molecule has 2 aliphatic rings. The summed E-state index contributed by atoms with van der Waals surface area (Å²) in [5.41, 5.74) is -1.65. The Hall–Kier alpha value is -4.25. The number of carbonyl (C=O) groups excluding carboxylic acids is 1. The average molecular weight is 807 g/mol. The molecule has 3 heterocycles. The number of benzene rings is 3. The third-order valence-electron chi connectivity index (χ3n) is 10.2. The molecule has 2 saturated heterocycles. The third kappa shape index (κ3) is 9.30. The van der Waals surface area contributed by atoms with Gasteiger partial charge in [-0.2, -0.15) is 26.3 Å². The van der Waals surface area contributed by atoms with E-state index in [2.05, 4.69) is 10.2 Å². The summed E-state index contributed by atoms with van der Waals surface area (Å²) in [6.45, 7) is 8.47. The molecule has 2 aliphatic heterocycles. The number of nitrogens with zero attached hydrogens (tertiary/aromatic N) is 3. The Kier molecular flexibility index (Phi) is 12.3. The van der Waals surface area contributed by atoms with Gasteiger partial charge in [-0.1, -0.05) is 49.4 Å². The molecule has 0 bridgehead atoms. The average Bonchev–Trinajstić information content (AvgIpc) is 3.16. The van der Waals surface area contributed by atoms with Crippen LogP contribution >= 0.6 is 0 Å². The van der Waals surface area contributed by atoms with Crippen LogP contribution in [0.3, 0.4) is 0 Å². The molecule has 302 valence electrons. The number of carbonyl (C=O) groups is 1. The predicted molar refractivity (Wildman–Crippen MR) is 199 cm³/mol. The van der Waals surface area contributed by atoms with Crippen LogP contribution in [0, 0.1) is 0 Å². The van der Waals surface area contributed by atoms with Crippen molar-refractivity contribution in [3.05, 3.63) is 89.0 Å². The summed E-state index contributed by atoms with van der Waals surface area (Å²) in [7, 11) is -4.05. The molecule has 56 heavy (non-hydrogen) atoms. The van der Waals surface area contributed by atoms with Gasteiger partial charge in [0.15, 0.2) is 15.9 Å². The molecular formula is C40H44F6N4O5S. The molecule has 1 N–H and O–H groups in total. The maximum absolute atomic E-state index is 14.8. The maximum Gasteiger partial charge on any atom is 0.416 e. The van der Waals surface area contributed by atoms with Crippen LogP contribution in [-0.2, 0) is 27.3 Å². The van der Waals surface area contributed by atoms with Gasteiger partial charge in [0.1, 0.15) is 10.6 Å². The van der Waals surface area contributed by atoms with Crippen molar-refractivity contribution < 1.29 is 49.0 Å². The molecule has 2 fully saturated rings. The number of piperidine rings is 1. The second-order valence-corrected chi connectivity index (χ2v) is 16.5. The highest BCUT2D eigenvalue weighted by molar-refractivity contribution is 7.91. The quantitative estimate of drug-likeness (QED) is 0.153. The highest BCUT2D eigenvalue weighted by Gasteiger charge is 2.43. The molecule has 0 spiro atoms. The number of likely N-dealkylation sites (tertiary alicyclic amines) is 1. The van der Waals surface area contributed by atoms with Gasteiger partial charge in [-0.05, 0) is 63.5 Å². The summed E-state index contributed by atoms with van der Waals surface area (Å²) in [6, 6.07) is 11.4. The van der Waals surface area contributed by atoms with Crippen LogP contribution < -0.4 is 10.1 Å². The minimum Gasteiger partial charge on any atom is -0.490 e. The van der Waals surface area contributed by atoms with E-state index in [1.165, 1.54) is 61.5 Å². The number of rotatable bonds is 11. The SMILES string of the molecule is CCS(=O)(=O)c1cc2c(C(=O)N[C@H](c3ccccc3)C(F)(F)F)c(CN3CCC(N4CCOCC4)CC3)c(-c3cccc(C(F)(F)F)c3)nc2cc1OC(C)C. The molecule has 16 heteroatoms. The van der Waals surface area contributed by atoms with Crippen molar-refractivity contribution in [3.8, 4) is 17.0 Å². The van der Waals surface area contributed by atoms with E-state index in [1.807, 2.05) is 4.90 Å². The fourth-order valence-electron chi connectivity index (χ4n) is 7.36. The summed E-state index contributed by atoms with van der Waals surface area (Å²) in [6.07, 6.45) is -8.78. The summed E-state index contributed by atoms with van der Waals surface area (Å²) in [4.78, 5) is 23.5. The first-order valence-corrected chi connectivity index (χ1v) is 20.2. The normalized spacial score (nSPS) is 17.3. The number of ether oxygens (including phenoxy) is 2. The zero-order valence-electron chi connectivity index (χ0n) is 31.2. The molecule has 6 rings (SSSR count). The molecule has 9 nitrogen and oxygen atoms in total. The van der Waals surface area contributed by atoms with E-state index >= 15 is 0 Å². The van der Waals surface area contributed by atoms with Crippen LogP contribution in [0.25, 0.3) is 22.2 Å². The molecular weight excluding hydrogens is 763 g/mol. The van der Waals surface area contributed by atoms with Gasteiger partial charge in [-0.15, -0.1) is 0 Å². The molecule has 1 aromatic heterocycles. The van der Waals surface area contributed by atoms with Crippen molar-refractivity contribution >= 4 is 26.6 Å². The summed E-state index contributed by atoms with van der Waals surface area (Å²) >= 11 is 0. The van der Waals surface area contributed by atoms with Crippen LogP contribution in [0.1, 0.15) is 66.7 Å². The number of hydrogen-bond donors (Lipinski definition) is 1. The summed E-state index contributed by atoms with van der Waals surface area (Å²) < 4.78 is 125. The molecule has 0 radical (unpaired) electrons. The second-order valence-electron chi connectivity index (χ2n) is 14.3. The first-order chi connectivity index (χ1) is 26.5. The van der Waals surface area contributed by atoms with Gasteiger partial charge in [-0.3, -0.25) is 14.6 Å². The van der Waals surface area contributed by atoms with Gasteiger partial charge < -0.3 is 14.8 Å². The van der Waals surface area contributed by atoms with E-state index in [4.69, 9.17) is 14.5 Å². The lowest BCUT2D eigenvalue weighted by atomic mass is 9.93. The van der Waals surface area contributed by atoms with Gasteiger partial charge >= 0.3 is 12.4 Å². The number of hydrogen-bond acceptors (Lipinski definition) is 8. The molecule has 1 atom stereocenters. The monoisotopic (exact) mass is 806 g/mol. The fourth-order valence-corrected chi connectivity index (χ4v) is 8.38. The van der Waals surface area contributed by atoms with Gasteiger partial charge in [-0.25, -0.2) is 13.4 Å². The Morgan fingerprint density at radius 3 is 2.23 bits per heavy atom. The van der Waals surface area contributed by atoms with Crippen molar-refractivity contribution in [2.45, 2.75) is 75.6 Å². The molecule has 1 amide bonds. The Balaban J connectivity index is 1.59. The summed E-state index contributed by atoms with van der Waals surface area (Å²) in [5, 5.41) is 2.06. The zero-order valence-corrected chi connectivity index (χ0v) is 32.0. The van der Waals surface area contributed by atoms with Crippen molar-refractivity contribution in [2.75, 3.05) is 45.1 Å². The minimum absolute atomic E-state index is 0.0269. The van der Waals surface area contributed by atoms with Crippen molar-refractivity contribution in [1.82, 2.24) is 20.1 Å². The molecule has 4 aromatic rings. The second kappa shape index (κ2) is 16.7. The molecule has 0 unspecified atom stereocenters. The number of nitrogens with one attached hydrogen (secondary N) is 1. The Morgan fingerprint density at radius 1 is 0.946 bits per heavy atom. The van der Waals surface area contributed by atoms with Gasteiger partial charge in [0.05, 0.1) is 47.4 Å². The Bertz CT molecular complexity index is 2130.